The Hall–Kier alpha value is -3.45. The smallest absolute Gasteiger partial charge is 0.252 e. The molecular formula is C27H28N6O. The van der Waals surface area contributed by atoms with Crippen molar-refractivity contribution in [2.24, 2.45) is 5.92 Å². The van der Waals surface area contributed by atoms with Crippen molar-refractivity contribution < 1.29 is 4.79 Å². The Morgan fingerprint density at radius 1 is 1.09 bits per heavy atom. The monoisotopic (exact) mass is 452 g/mol. The van der Waals surface area contributed by atoms with E-state index in [0.29, 0.717) is 17.8 Å². The van der Waals surface area contributed by atoms with Crippen LogP contribution in [0.5, 0.6) is 0 Å². The molecular weight excluding hydrogens is 424 g/mol. The van der Waals surface area contributed by atoms with Crippen molar-refractivity contribution in [3.05, 3.63) is 54.5 Å². The van der Waals surface area contributed by atoms with Crippen LogP contribution in [-0.2, 0) is 6.54 Å². The standard InChI is InChI=1S/C27H28N6O/c28-25-24-23(14-33(26(24)30-15-29-25)13-16-11-32(12-16)20-7-8-20)18-4-9-21-17(10-18)2-1-3-22(21)27(34)31-19-5-6-19/h1-4,9-10,14-16,19-20H,5-8,11-13H2,(H,31,34)(H2,28,29,30). The highest BCUT2D eigenvalue weighted by molar-refractivity contribution is 6.09. The molecule has 2 saturated carbocycles. The molecule has 3 fully saturated rings. The Bertz CT molecular complexity index is 1430. The summed E-state index contributed by atoms with van der Waals surface area (Å²) in [7, 11) is 0. The first-order valence-corrected chi connectivity index (χ1v) is 12.3. The molecule has 2 aromatic carbocycles. The average Bonchev–Trinajstić information content (AvgIpc) is 3.75. The van der Waals surface area contributed by atoms with Crippen molar-refractivity contribution in [1.29, 1.82) is 0 Å². The third-order valence-electron chi connectivity index (χ3n) is 7.54. The largest absolute Gasteiger partial charge is 0.383 e. The number of fused-ring (bicyclic) bond motifs is 2. The summed E-state index contributed by atoms with van der Waals surface area (Å²) in [4.78, 5) is 24.2. The number of anilines is 1. The summed E-state index contributed by atoms with van der Waals surface area (Å²) in [6, 6.07) is 13.4. The van der Waals surface area contributed by atoms with E-state index in [1.165, 1.54) is 25.9 Å². The molecule has 4 aromatic rings. The number of nitrogen functional groups attached to an aromatic ring is 1. The third kappa shape index (κ3) is 3.42. The summed E-state index contributed by atoms with van der Waals surface area (Å²) >= 11 is 0. The Balaban J connectivity index is 1.25. The molecule has 2 aliphatic carbocycles. The SMILES string of the molecule is Nc1ncnc2c1c(-c1ccc3c(C(=O)NC4CC4)cccc3c1)cn2CC1CN(C2CC2)C1. The van der Waals surface area contributed by atoms with Crippen LogP contribution < -0.4 is 11.1 Å². The number of hydrogen-bond acceptors (Lipinski definition) is 5. The molecule has 1 saturated heterocycles. The first-order valence-electron chi connectivity index (χ1n) is 12.3. The van der Waals surface area contributed by atoms with Crippen molar-refractivity contribution >= 4 is 33.5 Å². The molecule has 0 spiro atoms. The summed E-state index contributed by atoms with van der Waals surface area (Å²) < 4.78 is 2.25. The molecule has 3 heterocycles. The van der Waals surface area contributed by atoms with Gasteiger partial charge in [0, 0.05) is 55.0 Å². The van der Waals surface area contributed by atoms with Gasteiger partial charge in [-0.05, 0) is 54.2 Å². The zero-order valence-corrected chi connectivity index (χ0v) is 19.1. The van der Waals surface area contributed by atoms with Gasteiger partial charge in [0.15, 0.2) is 0 Å². The highest BCUT2D eigenvalue weighted by Crippen LogP contribution is 2.37. The summed E-state index contributed by atoms with van der Waals surface area (Å²) in [6.07, 6.45) is 8.61. The minimum absolute atomic E-state index is 0.0100. The molecule has 0 bridgehead atoms. The number of benzene rings is 2. The lowest BCUT2D eigenvalue weighted by Gasteiger charge is -2.39. The summed E-state index contributed by atoms with van der Waals surface area (Å²) in [5.74, 6) is 1.16. The predicted octanol–water partition coefficient (Wildman–Crippen LogP) is 3.82. The van der Waals surface area contributed by atoms with Crippen molar-refractivity contribution in [2.45, 2.75) is 44.3 Å². The Morgan fingerprint density at radius 2 is 1.94 bits per heavy atom. The lowest BCUT2D eigenvalue weighted by atomic mass is 9.98. The van der Waals surface area contributed by atoms with Crippen LogP contribution in [-0.4, -0.2) is 50.5 Å². The van der Waals surface area contributed by atoms with E-state index in [9.17, 15) is 4.79 Å². The van der Waals surface area contributed by atoms with Gasteiger partial charge in [0.1, 0.15) is 17.8 Å². The number of carbonyl (C=O) groups excluding carboxylic acids is 1. The van der Waals surface area contributed by atoms with Gasteiger partial charge in [-0.2, -0.15) is 0 Å². The van der Waals surface area contributed by atoms with Crippen LogP contribution in [0.15, 0.2) is 48.9 Å². The predicted molar refractivity (Wildman–Crippen MR) is 133 cm³/mol. The topological polar surface area (TPSA) is 89.1 Å². The highest BCUT2D eigenvalue weighted by atomic mass is 16.1. The number of nitrogens with one attached hydrogen (secondary N) is 1. The maximum atomic E-state index is 12.7. The van der Waals surface area contributed by atoms with Gasteiger partial charge < -0.3 is 15.6 Å². The number of amides is 1. The molecule has 1 aliphatic heterocycles. The molecule has 0 unspecified atom stereocenters. The molecule has 1 amide bonds. The molecule has 172 valence electrons. The van der Waals surface area contributed by atoms with Crippen molar-refractivity contribution in [3.8, 4) is 11.1 Å². The van der Waals surface area contributed by atoms with Gasteiger partial charge in [-0.1, -0.05) is 24.3 Å². The minimum Gasteiger partial charge on any atom is -0.383 e. The molecule has 34 heavy (non-hydrogen) atoms. The Labute approximate surface area is 198 Å². The molecule has 7 heteroatoms. The first-order chi connectivity index (χ1) is 16.6. The van der Waals surface area contributed by atoms with Crippen molar-refractivity contribution in [3.63, 3.8) is 0 Å². The van der Waals surface area contributed by atoms with Crippen LogP contribution in [0, 0.1) is 5.92 Å². The van der Waals surface area contributed by atoms with E-state index in [1.807, 2.05) is 12.1 Å². The van der Waals surface area contributed by atoms with E-state index in [-0.39, 0.29) is 5.91 Å². The van der Waals surface area contributed by atoms with E-state index < -0.39 is 0 Å². The number of likely N-dealkylation sites (tertiary alicyclic amines) is 1. The van der Waals surface area contributed by atoms with E-state index in [2.05, 4.69) is 55.2 Å². The van der Waals surface area contributed by atoms with E-state index in [1.54, 1.807) is 6.33 Å². The van der Waals surface area contributed by atoms with Gasteiger partial charge in [-0.3, -0.25) is 9.69 Å². The van der Waals surface area contributed by atoms with Crippen LogP contribution in [0.1, 0.15) is 36.0 Å². The second kappa shape index (κ2) is 7.53. The van der Waals surface area contributed by atoms with Gasteiger partial charge in [-0.15, -0.1) is 0 Å². The summed E-state index contributed by atoms with van der Waals surface area (Å²) in [5, 5.41) is 6.02. The fourth-order valence-corrected chi connectivity index (χ4v) is 5.39. The number of carbonyl (C=O) groups is 1. The van der Waals surface area contributed by atoms with Gasteiger partial charge >= 0.3 is 0 Å². The van der Waals surface area contributed by atoms with Crippen molar-refractivity contribution in [2.75, 3.05) is 18.8 Å². The van der Waals surface area contributed by atoms with E-state index in [4.69, 9.17) is 5.73 Å². The lowest BCUT2D eigenvalue weighted by molar-refractivity contribution is 0.0805. The van der Waals surface area contributed by atoms with Crippen LogP contribution >= 0.6 is 0 Å². The molecule has 0 atom stereocenters. The Morgan fingerprint density at radius 3 is 2.74 bits per heavy atom. The van der Waals surface area contributed by atoms with Crippen molar-refractivity contribution in [1.82, 2.24) is 24.8 Å². The molecule has 3 aliphatic rings. The summed E-state index contributed by atoms with van der Waals surface area (Å²) in [6.45, 7) is 3.28. The number of nitrogens with zero attached hydrogens (tertiary/aromatic N) is 4. The van der Waals surface area contributed by atoms with Crippen LogP contribution in [0.3, 0.4) is 0 Å². The second-order valence-electron chi connectivity index (χ2n) is 10.2. The van der Waals surface area contributed by atoms with E-state index in [0.717, 1.165) is 63.9 Å². The molecule has 0 radical (unpaired) electrons. The van der Waals surface area contributed by atoms with Gasteiger partial charge in [-0.25, -0.2) is 9.97 Å². The summed E-state index contributed by atoms with van der Waals surface area (Å²) in [5.41, 5.74) is 10.1. The maximum absolute atomic E-state index is 12.7. The molecule has 7 nitrogen and oxygen atoms in total. The maximum Gasteiger partial charge on any atom is 0.252 e. The third-order valence-corrected chi connectivity index (χ3v) is 7.54. The molecule has 3 N–H and O–H groups in total. The van der Waals surface area contributed by atoms with Gasteiger partial charge in [0.2, 0.25) is 0 Å². The van der Waals surface area contributed by atoms with E-state index >= 15 is 0 Å². The van der Waals surface area contributed by atoms with Gasteiger partial charge in [0.05, 0.1) is 5.39 Å². The highest BCUT2D eigenvalue weighted by Gasteiger charge is 2.38. The molecule has 2 aromatic heterocycles. The van der Waals surface area contributed by atoms with Gasteiger partial charge in [0.25, 0.3) is 5.91 Å². The minimum atomic E-state index is 0.0100. The number of hydrogen-bond donors (Lipinski definition) is 2. The normalized spacial score (nSPS) is 18.9. The zero-order valence-electron chi connectivity index (χ0n) is 19.1. The molecule has 7 rings (SSSR count). The number of nitrogens with two attached hydrogens (primary N) is 1. The average molecular weight is 453 g/mol. The Kier molecular flexibility index (Phi) is 4.42. The fourth-order valence-electron chi connectivity index (χ4n) is 5.39. The fraction of sp³-hybridized carbons (Fsp3) is 0.370. The zero-order chi connectivity index (χ0) is 22.8. The first kappa shape index (κ1) is 20.0. The second-order valence-corrected chi connectivity index (χ2v) is 10.2. The number of aromatic nitrogens is 3. The van der Waals surface area contributed by atoms with Crippen LogP contribution in [0.25, 0.3) is 32.9 Å². The quantitative estimate of drug-likeness (QED) is 0.464. The van der Waals surface area contributed by atoms with Crippen LogP contribution in [0.2, 0.25) is 0 Å². The number of rotatable bonds is 6. The van der Waals surface area contributed by atoms with Crippen LogP contribution in [0.4, 0.5) is 5.82 Å². The lowest BCUT2D eigenvalue weighted by Crippen LogP contribution is -2.49.